The van der Waals surface area contributed by atoms with Gasteiger partial charge in [-0.1, -0.05) is 109 Å². The Morgan fingerprint density at radius 2 is 1.14 bits per heavy atom. The van der Waals surface area contributed by atoms with E-state index in [9.17, 15) is 9.90 Å². The number of carbonyl (C=O) groups excluding carboxylic acids is 1. The van der Waals surface area contributed by atoms with Gasteiger partial charge in [0.05, 0.1) is 5.56 Å². The number of phenols is 1. The second-order valence-corrected chi connectivity index (χ2v) is 8.46. The molecule has 28 heavy (non-hydrogen) atoms. The Labute approximate surface area is 174 Å². The summed E-state index contributed by atoms with van der Waals surface area (Å²) in [7, 11) is 0. The third-order valence-corrected chi connectivity index (χ3v) is 5.76. The number of rotatable bonds is 18. The fraction of sp³-hybridized carbons (Fsp3) is 0.731. The zero-order chi connectivity index (χ0) is 20.5. The van der Waals surface area contributed by atoms with Gasteiger partial charge in [-0.2, -0.15) is 0 Å². The van der Waals surface area contributed by atoms with E-state index < -0.39 is 0 Å². The maximum absolute atomic E-state index is 11.5. The van der Waals surface area contributed by atoms with Gasteiger partial charge in [0, 0.05) is 0 Å². The average molecular weight is 389 g/mol. The number of hydrogen-bond acceptors (Lipinski definition) is 2. The SMILES string of the molecule is CCCCCCCCCCCCCCCCCCc1ccc(O)c(C(C)=O)c1. The van der Waals surface area contributed by atoms with Crippen molar-refractivity contribution in [1.29, 1.82) is 0 Å². The predicted octanol–water partition coefficient (Wildman–Crippen LogP) is 8.40. The lowest BCUT2D eigenvalue weighted by Gasteiger charge is -2.06. The second kappa shape index (κ2) is 16.6. The van der Waals surface area contributed by atoms with Gasteiger partial charge in [-0.25, -0.2) is 0 Å². The Kier molecular flexibility index (Phi) is 14.7. The summed E-state index contributed by atoms with van der Waals surface area (Å²) in [5.41, 5.74) is 1.61. The minimum atomic E-state index is -0.0636. The number of ketones is 1. The summed E-state index contributed by atoms with van der Waals surface area (Å²) < 4.78 is 0. The van der Waals surface area contributed by atoms with Crippen molar-refractivity contribution in [3.8, 4) is 5.75 Å². The monoisotopic (exact) mass is 388 g/mol. The number of Topliss-reactive ketones (excluding diaryl/α,β-unsaturated/α-hetero) is 1. The fourth-order valence-corrected chi connectivity index (χ4v) is 3.90. The normalized spacial score (nSPS) is 11.1. The maximum atomic E-state index is 11.5. The first kappa shape index (κ1) is 24.7. The molecule has 0 saturated heterocycles. The first-order valence-electron chi connectivity index (χ1n) is 12.0. The number of carbonyl (C=O) groups is 1. The Bertz CT molecular complexity index is 521. The Hall–Kier alpha value is -1.31. The molecule has 1 aromatic rings. The van der Waals surface area contributed by atoms with Gasteiger partial charge < -0.3 is 5.11 Å². The molecule has 0 unspecified atom stereocenters. The van der Waals surface area contributed by atoms with E-state index in [4.69, 9.17) is 0 Å². The van der Waals surface area contributed by atoms with Crippen molar-refractivity contribution in [2.75, 3.05) is 0 Å². The zero-order valence-electron chi connectivity index (χ0n) is 18.6. The van der Waals surface area contributed by atoms with Crippen molar-refractivity contribution < 1.29 is 9.90 Å². The molecule has 0 bridgehead atoms. The molecule has 0 amide bonds. The van der Waals surface area contributed by atoms with Crippen LogP contribution in [-0.2, 0) is 6.42 Å². The number of hydrogen-bond donors (Lipinski definition) is 1. The van der Waals surface area contributed by atoms with Crippen LogP contribution in [-0.4, -0.2) is 10.9 Å². The molecular formula is C26H44O2. The molecule has 160 valence electrons. The van der Waals surface area contributed by atoms with Gasteiger partial charge in [0.1, 0.15) is 5.75 Å². The fourth-order valence-electron chi connectivity index (χ4n) is 3.90. The molecule has 0 aliphatic carbocycles. The molecule has 0 fully saturated rings. The number of unbranched alkanes of at least 4 members (excludes halogenated alkanes) is 15. The van der Waals surface area contributed by atoms with Crippen LogP contribution in [0.25, 0.3) is 0 Å². The van der Waals surface area contributed by atoms with Crippen molar-refractivity contribution in [2.24, 2.45) is 0 Å². The lowest BCUT2D eigenvalue weighted by Crippen LogP contribution is -1.95. The number of phenolic OH excluding ortho intramolecular Hbond substituents is 1. The Morgan fingerprint density at radius 3 is 1.57 bits per heavy atom. The van der Waals surface area contributed by atoms with Crippen LogP contribution in [0.2, 0.25) is 0 Å². The van der Waals surface area contributed by atoms with Crippen LogP contribution in [0.15, 0.2) is 18.2 Å². The smallest absolute Gasteiger partial charge is 0.163 e. The van der Waals surface area contributed by atoms with E-state index in [0.717, 1.165) is 12.0 Å². The van der Waals surface area contributed by atoms with E-state index >= 15 is 0 Å². The Morgan fingerprint density at radius 1 is 0.714 bits per heavy atom. The van der Waals surface area contributed by atoms with Crippen molar-refractivity contribution in [3.05, 3.63) is 29.3 Å². The molecule has 2 nitrogen and oxygen atoms in total. The van der Waals surface area contributed by atoms with Gasteiger partial charge in [0.2, 0.25) is 0 Å². The topological polar surface area (TPSA) is 37.3 Å². The Balaban J connectivity index is 1.88. The minimum absolute atomic E-state index is 0.0636. The van der Waals surface area contributed by atoms with Crippen LogP contribution in [0, 0.1) is 0 Å². The molecule has 0 aliphatic rings. The summed E-state index contributed by atoms with van der Waals surface area (Å²) in [5.74, 6) is 0.0366. The van der Waals surface area contributed by atoms with Crippen LogP contribution in [0.5, 0.6) is 5.75 Å². The first-order valence-corrected chi connectivity index (χ1v) is 12.0. The summed E-state index contributed by atoms with van der Waals surface area (Å²) in [6.45, 7) is 3.79. The highest BCUT2D eigenvalue weighted by Crippen LogP contribution is 2.20. The highest BCUT2D eigenvalue weighted by atomic mass is 16.3. The van der Waals surface area contributed by atoms with E-state index in [1.807, 2.05) is 12.1 Å². The van der Waals surface area contributed by atoms with E-state index in [-0.39, 0.29) is 11.5 Å². The number of aryl methyl sites for hydroxylation is 1. The molecule has 0 aliphatic heterocycles. The molecule has 1 aromatic carbocycles. The maximum Gasteiger partial charge on any atom is 0.163 e. The summed E-state index contributed by atoms with van der Waals surface area (Å²) in [4.78, 5) is 11.5. The van der Waals surface area contributed by atoms with Crippen LogP contribution < -0.4 is 0 Å². The van der Waals surface area contributed by atoms with Gasteiger partial charge in [0.15, 0.2) is 5.78 Å². The van der Waals surface area contributed by atoms with E-state index in [1.165, 1.54) is 110 Å². The lowest BCUT2D eigenvalue weighted by atomic mass is 10.0. The second-order valence-electron chi connectivity index (χ2n) is 8.46. The standard InChI is InChI=1S/C26H44O2/c1-3-4-5-6-7-8-9-10-11-12-13-14-15-16-17-18-19-24-20-21-26(28)25(22-24)23(2)27/h20-22,28H,3-19H2,1-2H3. The predicted molar refractivity (Wildman–Crippen MR) is 121 cm³/mol. The van der Waals surface area contributed by atoms with Crippen molar-refractivity contribution in [3.63, 3.8) is 0 Å². The summed E-state index contributed by atoms with van der Waals surface area (Å²) in [6.07, 6.45) is 23.1. The summed E-state index contributed by atoms with van der Waals surface area (Å²) in [6, 6.07) is 5.44. The first-order chi connectivity index (χ1) is 13.6. The zero-order valence-corrected chi connectivity index (χ0v) is 18.6. The van der Waals surface area contributed by atoms with Crippen LogP contribution in [0.1, 0.15) is 133 Å². The molecular weight excluding hydrogens is 344 g/mol. The third kappa shape index (κ3) is 12.2. The average Bonchev–Trinajstić information content (AvgIpc) is 2.68. The van der Waals surface area contributed by atoms with Crippen LogP contribution >= 0.6 is 0 Å². The summed E-state index contributed by atoms with van der Waals surface area (Å²) >= 11 is 0. The number of benzene rings is 1. The van der Waals surface area contributed by atoms with Crippen LogP contribution in [0.3, 0.4) is 0 Å². The molecule has 1 N–H and O–H groups in total. The van der Waals surface area contributed by atoms with Crippen molar-refractivity contribution in [1.82, 2.24) is 0 Å². The highest BCUT2D eigenvalue weighted by molar-refractivity contribution is 5.96. The van der Waals surface area contributed by atoms with Crippen molar-refractivity contribution in [2.45, 2.75) is 123 Å². The highest BCUT2D eigenvalue weighted by Gasteiger charge is 2.07. The van der Waals surface area contributed by atoms with Gasteiger partial charge in [0.25, 0.3) is 0 Å². The van der Waals surface area contributed by atoms with Gasteiger partial charge in [-0.05, 0) is 37.5 Å². The molecule has 0 radical (unpaired) electrons. The largest absolute Gasteiger partial charge is 0.507 e. The number of aromatic hydroxyl groups is 1. The van der Waals surface area contributed by atoms with Gasteiger partial charge in [-0.3, -0.25) is 4.79 Å². The van der Waals surface area contributed by atoms with Gasteiger partial charge in [-0.15, -0.1) is 0 Å². The summed E-state index contributed by atoms with van der Waals surface area (Å²) in [5, 5.41) is 9.70. The molecule has 2 heteroatoms. The lowest BCUT2D eigenvalue weighted by molar-refractivity contribution is 0.101. The molecule has 0 atom stereocenters. The molecule has 0 aromatic heterocycles. The molecule has 0 heterocycles. The third-order valence-electron chi connectivity index (χ3n) is 5.76. The quantitative estimate of drug-likeness (QED) is 0.202. The van der Waals surface area contributed by atoms with E-state index in [1.54, 1.807) is 6.07 Å². The van der Waals surface area contributed by atoms with E-state index in [0.29, 0.717) is 5.56 Å². The molecule has 1 rings (SSSR count). The molecule has 0 spiro atoms. The van der Waals surface area contributed by atoms with Crippen molar-refractivity contribution >= 4 is 5.78 Å². The van der Waals surface area contributed by atoms with Gasteiger partial charge >= 0.3 is 0 Å². The van der Waals surface area contributed by atoms with Crippen LogP contribution in [0.4, 0.5) is 0 Å². The molecule has 0 saturated carbocycles. The van der Waals surface area contributed by atoms with E-state index in [2.05, 4.69) is 6.92 Å². The minimum Gasteiger partial charge on any atom is -0.507 e.